The summed E-state index contributed by atoms with van der Waals surface area (Å²) in [7, 11) is 0. The number of hydrogen-bond acceptors (Lipinski definition) is 6. The maximum Gasteiger partial charge on any atom is 0.490 e. The number of carboxylic acid groups (broad SMARTS) is 1. The Morgan fingerprint density at radius 1 is 1.21 bits per heavy atom. The number of hydrogen-bond donors (Lipinski definition) is 3. The molecule has 2 aliphatic heterocycles. The molecule has 0 bridgehead atoms. The summed E-state index contributed by atoms with van der Waals surface area (Å²) in [6.45, 7) is 1.72. The molecule has 1 saturated heterocycles. The number of aliphatic carboxylic acids is 1. The van der Waals surface area contributed by atoms with Crippen LogP contribution in [0.3, 0.4) is 0 Å². The minimum atomic E-state index is -5.08. The fourth-order valence-electron chi connectivity index (χ4n) is 3.50. The van der Waals surface area contributed by atoms with Crippen molar-refractivity contribution < 1.29 is 41.4 Å². The quantitative estimate of drug-likeness (QED) is 0.580. The van der Waals surface area contributed by atoms with E-state index < -0.39 is 36.2 Å². The molecule has 0 spiro atoms. The Balaban J connectivity index is 0.000000383. The lowest BCUT2D eigenvalue weighted by Gasteiger charge is -2.24. The number of amides is 1. The predicted octanol–water partition coefficient (Wildman–Crippen LogP) is 2.64. The summed E-state index contributed by atoms with van der Waals surface area (Å²) < 4.78 is 65.8. The number of aromatic nitrogens is 3. The van der Waals surface area contributed by atoms with Crippen molar-refractivity contribution in [3.8, 4) is 5.75 Å². The van der Waals surface area contributed by atoms with Gasteiger partial charge in [0, 0.05) is 5.56 Å². The summed E-state index contributed by atoms with van der Waals surface area (Å²) >= 11 is 0. The number of halogens is 5. The van der Waals surface area contributed by atoms with E-state index in [1.165, 1.54) is 4.68 Å². The second kappa shape index (κ2) is 10.1. The molecule has 1 aromatic carbocycles. The van der Waals surface area contributed by atoms with Crippen molar-refractivity contribution in [1.82, 2.24) is 25.6 Å². The fourth-order valence-corrected chi connectivity index (χ4v) is 3.50. The number of carbonyl (C=O) groups excluding carboxylic acids is 1. The number of alkyl halides is 5. The molecule has 1 fully saturated rings. The number of ether oxygens (including phenoxy) is 1. The maximum atomic E-state index is 13.7. The van der Waals surface area contributed by atoms with Crippen LogP contribution in [-0.4, -0.2) is 57.8 Å². The van der Waals surface area contributed by atoms with Crippen LogP contribution in [0.5, 0.6) is 5.75 Å². The summed E-state index contributed by atoms with van der Waals surface area (Å²) in [5.74, 6) is -2.73. The van der Waals surface area contributed by atoms with Gasteiger partial charge in [-0.05, 0) is 32.0 Å². The molecule has 180 valence electrons. The van der Waals surface area contributed by atoms with Crippen LogP contribution in [-0.2, 0) is 4.79 Å². The second-order valence-corrected chi connectivity index (χ2v) is 7.23. The highest BCUT2D eigenvalue weighted by Gasteiger charge is 2.38. The number of nitrogens with zero attached hydrogens (tertiary/aromatic N) is 3. The van der Waals surface area contributed by atoms with E-state index in [0.717, 1.165) is 18.7 Å². The molecular formula is C19H20F5N5O4. The van der Waals surface area contributed by atoms with Crippen molar-refractivity contribution in [2.24, 2.45) is 0 Å². The Morgan fingerprint density at radius 2 is 1.85 bits per heavy atom. The zero-order chi connectivity index (χ0) is 24.2. The zero-order valence-electron chi connectivity index (χ0n) is 17.0. The average Bonchev–Trinajstić information content (AvgIpc) is 3.39. The Kier molecular flexibility index (Phi) is 7.46. The number of fused-ring (bicyclic) bond motifs is 1. The smallest absolute Gasteiger partial charge is 0.490 e. The third-order valence-corrected chi connectivity index (χ3v) is 5.05. The lowest BCUT2D eigenvalue weighted by molar-refractivity contribution is -0.192. The molecule has 1 unspecified atom stereocenters. The van der Waals surface area contributed by atoms with Gasteiger partial charge in [-0.25, -0.2) is 18.3 Å². The van der Waals surface area contributed by atoms with E-state index >= 15 is 0 Å². The number of rotatable bonds is 4. The molecule has 0 saturated carbocycles. The van der Waals surface area contributed by atoms with Crippen molar-refractivity contribution in [3.63, 3.8) is 0 Å². The van der Waals surface area contributed by atoms with Crippen LogP contribution in [0, 0.1) is 0 Å². The summed E-state index contributed by atoms with van der Waals surface area (Å²) in [4.78, 5) is 21.5. The highest BCUT2D eigenvalue weighted by Crippen LogP contribution is 2.33. The highest BCUT2D eigenvalue weighted by atomic mass is 19.4. The Hall–Kier alpha value is -3.29. The molecule has 0 radical (unpaired) electrons. The number of nitrogens with one attached hydrogen (secondary N) is 2. The standard InChI is InChI=1S/C17H19F2N5O2.C2HF3O2/c18-16(19)15-14(22-23-24(15)10-5-7-20-8-6-10)17(25)21-12-9-26-13-4-2-1-3-11(12)13;3-2(4,5)1(6)7/h1-4,10,12,16,20H,5-9H2,(H,21,25);(H,6,7). The zero-order valence-corrected chi connectivity index (χ0v) is 17.0. The first kappa shape index (κ1) is 24.4. The lowest BCUT2D eigenvalue weighted by atomic mass is 10.1. The van der Waals surface area contributed by atoms with Gasteiger partial charge in [0.2, 0.25) is 0 Å². The minimum Gasteiger partial charge on any atom is -0.491 e. The molecule has 3 heterocycles. The van der Waals surface area contributed by atoms with Crippen LogP contribution in [0.1, 0.15) is 53.1 Å². The molecule has 2 aromatic rings. The van der Waals surface area contributed by atoms with Gasteiger partial charge in [0.15, 0.2) is 5.69 Å². The van der Waals surface area contributed by atoms with Crippen LogP contribution in [0.15, 0.2) is 24.3 Å². The molecule has 1 atom stereocenters. The molecule has 33 heavy (non-hydrogen) atoms. The second-order valence-electron chi connectivity index (χ2n) is 7.23. The molecule has 0 aliphatic carbocycles. The van der Waals surface area contributed by atoms with Crippen molar-refractivity contribution in [1.29, 1.82) is 0 Å². The monoisotopic (exact) mass is 477 g/mol. The van der Waals surface area contributed by atoms with E-state index in [-0.39, 0.29) is 18.3 Å². The van der Waals surface area contributed by atoms with Crippen molar-refractivity contribution in [3.05, 3.63) is 41.2 Å². The summed E-state index contributed by atoms with van der Waals surface area (Å²) in [6.07, 6.45) is -6.56. The van der Waals surface area contributed by atoms with Gasteiger partial charge in [-0.2, -0.15) is 13.2 Å². The van der Waals surface area contributed by atoms with E-state index in [1.807, 2.05) is 18.2 Å². The van der Waals surface area contributed by atoms with Gasteiger partial charge in [0.25, 0.3) is 12.3 Å². The van der Waals surface area contributed by atoms with Crippen LogP contribution in [0.25, 0.3) is 0 Å². The molecule has 9 nitrogen and oxygen atoms in total. The number of para-hydroxylation sites is 1. The van der Waals surface area contributed by atoms with Gasteiger partial charge in [0.05, 0.1) is 12.1 Å². The topological polar surface area (TPSA) is 118 Å². The molecule has 3 N–H and O–H groups in total. The third kappa shape index (κ3) is 5.74. The summed E-state index contributed by atoms with van der Waals surface area (Å²) in [5, 5.41) is 20.7. The van der Waals surface area contributed by atoms with Gasteiger partial charge >= 0.3 is 12.1 Å². The SMILES string of the molecule is O=C(NC1COc2ccccc21)c1nnn(C2CCNCC2)c1C(F)F.O=C(O)C(F)(F)F. The van der Waals surface area contributed by atoms with Crippen LogP contribution in [0.2, 0.25) is 0 Å². The third-order valence-electron chi connectivity index (χ3n) is 5.05. The number of carbonyl (C=O) groups is 2. The van der Waals surface area contributed by atoms with E-state index in [9.17, 15) is 26.7 Å². The molecular weight excluding hydrogens is 457 g/mol. The average molecular weight is 477 g/mol. The Morgan fingerprint density at radius 3 is 2.45 bits per heavy atom. The van der Waals surface area contributed by atoms with Gasteiger partial charge in [-0.3, -0.25) is 4.79 Å². The number of carboxylic acids is 1. The first-order valence-electron chi connectivity index (χ1n) is 9.86. The molecule has 1 amide bonds. The van der Waals surface area contributed by atoms with E-state index in [0.29, 0.717) is 18.6 Å². The van der Waals surface area contributed by atoms with Crippen LogP contribution < -0.4 is 15.4 Å². The molecule has 14 heteroatoms. The number of benzene rings is 1. The first-order valence-corrected chi connectivity index (χ1v) is 9.86. The molecule has 1 aromatic heterocycles. The number of piperidine rings is 1. The normalized spacial score (nSPS) is 18.2. The van der Waals surface area contributed by atoms with Gasteiger partial charge in [0.1, 0.15) is 18.1 Å². The van der Waals surface area contributed by atoms with Crippen LogP contribution in [0.4, 0.5) is 22.0 Å². The molecule has 2 aliphatic rings. The predicted molar refractivity (Wildman–Crippen MR) is 102 cm³/mol. The Bertz CT molecular complexity index is 991. The fraction of sp³-hybridized carbons (Fsp3) is 0.474. The highest BCUT2D eigenvalue weighted by molar-refractivity contribution is 5.93. The van der Waals surface area contributed by atoms with Crippen molar-refractivity contribution in [2.75, 3.05) is 19.7 Å². The van der Waals surface area contributed by atoms with E-state index in [1.54, 1.807) is 6.07 Å². The van der Waals surface area contributed by atoms with Crippen molar-refractivity contribution in [2.45, 2.75) is 37.5 Å². The summed E-state index contributed by atoms with van der Waals surface area (Å²) in [5.41, 5.74) is 0.0923. The molecule has 4 rings (SSSR count). The first-order chi connectivity index (χ1) is 15.6. The van der Waals surface area contributed by atoms with E-state index in [2.05, 4.69) is 20.9 Å². The van der Waals surface area contributed by atoms with E-state index in [4.69, 9.17) is 14.6 Å². The van der Waals surface area contributed by atoms with Gasteiger partial charge in [-0.15, -0.1) is 5.10 Å². The van der Waals surface area contributed by atoms with Crippen molar-refractivity contribution >= 4 is 11.9 Å². The minimum absolute atomic E-state index is 0.176. The van der Waals surface area contributed by atoms with Gasteiger partial charge < -0.3 is 20.5 Å². The summed E-state index contributed by atoms with van der Waals surface area (Å²) in [6, 6.07) is 6.75. The van der Waals surface area contributed by atoms with Crippen LogP contribution >= 0.6 is 0 Å². The Labute approximate surface area is 183 Å². The maximum absolute atomic E-state index is 13.7. The lowest BCUT2D eigenvalue weighted by Crippen LogP contribution is -2.32. The largest absolute Gasteiger partial charge is 0.491 e. The van der Waals surface area contributed by atoms with Gasteiger partial charge in [-0.1, -0.05) is 23.4 Å².